The molecule has 1 aromatic carbocycles. The highest BCUT2D eigenvalue weighted by Crippen LogP contribution is 2.11. The van der Waals surface area contributed by atoms with Crippen molar-refractivity contribution in [2.45, 2.75) is 46.0 Å². The first-order valence-electron chi connectivity index (χ1n) is 7.96. The lowest BCUT2D eigenvalue weighted by Crippen LogP contribution is -2.02. The first-order chi connectivity index (χ1) is 11.1. The number of esters is 2. The van der Waals surface area contributed by atoms with Crippen LogP contribution in [0.4, 0.5) is 0 Å². The average Bonchev–Trinajstić information content (AvgIpc) is 2.59. The second-order valence-electron chi connectivity index (χ2n) is 4.84. The largest absolute Gasteiger partial charge is 0.497 e. The Kier molecular flexibility index (Phi) is 12.4. The highest BCUT2D eigenvalue weighted by atomic mass is 16.5. The van der Waals surface area contributed by atoms with E-state index < -0.39 is 0 Å². The van der Waals surface area contributed by atoms with Gasteiger partial charge in [0.25, 0.3) is 0 Å². The molecular formula is C18H28O5. The second kappa shape index (κ2) is 13.6. The quantitative estimate of drug-likeness (QED) is 0.534. The molecule has 5 nitrogen and oxygen atoms in total. The summed E-state index contributed by atoms with van der Waals surface area (Å²) in [6.45, 7) is 4.50. The fourth-order valence-corrected chi connectivity index (χ4v) is 1.77. The Morgan fingerprint density at radius 3 is 2.09 bits per heavy atom. The summed E-state index contributed by atoms with van der Waals surface area (Å²) < 4.78 is 14.2. The standard InChI is InChI=1S/C9H10O3.C9H18O2/c1-11-8-5-3-7(4-6-8)9(10)12-2;1-3-5-6-7-8-9(10)11-4-2/h3-6H,1-2H3;3-8H2,1-2H3. The van der Waals surface area contributed by atoms with E-state index in [0.29, 0.717) is 18.6 Å². The summed E-state index contributed by atoms with van der Waals surface area (Å²) in [7, 11) is 2.93. The average molecular weight is 324 g/mol. The Morgan fingerprint density at radius 2 is 1.61 bits per heavy atom. The first-order valence-corrected chi connectivity index (χ1v) is 7.96. The van der Waals surface area contributed by atoms with Gasteiger partial charge < -0.3 is 14.2 Å². The van der Waals surface area contributed by atoms with Gasteiger partial charge in [-0.3, -0.25) is 4.79 Å². The van der Waals surface area contributed by atoms with E-state index in [-0.39, 0.29) is 11.9 Å². The fraction of sp³-hybridized carbons (Fsp3) is 0.556. The van der Waals surface area contributed by atoms with Crippen molar-refractivity contribution in [2.24, 2.45) is 0 Å². The highest BCUT2D eigenvalue weighted by Gasteiger charge is 2.03. The molecule has 130 valence electrons. The van der Waals surface area contributed by atoms with Gasteiger partial charge in [-0.15, -0.1) is 0 Å². The maximum Gasteiger partial charge on any atom is 0.337 e. The van der Waals surface area contributed by atoms with Crippen LogP contribution in [0.5, 0.6) is 5.75 Å². The molecule has 0 spiro atoms. The van der Waals surface area contributed by atoms with Crippen LogP contribution in [-0.4, -0.2) is 32.8 Å². The van der Waals surface area contributed by atoms with Crippen LogP contribution in [0.25, 0.3) is 0 Å². The van der Waals surface area contributed by atoms with Crippen molar-refractivity contribution in [3.05, 3.63) is 29.8 Å². The van der Waals surface area contributed by atoms with Crippen LogP contribution in [0.1, 0.15) is 56.3 Å². The van der Waals surface area contributed by atoms with E-state index in [4.69, 9.17) is 9.47 Å². The summed E-state index contributed by atoms with van der Waals surface area (Å²) >= 11 is 0. The third-order valence-corrected chi connectivity index (χ3v) is 3.05. The molecule has 0 saturated carbocycles. The predicted molar refractivity (Wildman–Crippen MR) is 89.7 cm³/mol. The van der Waals surface area contributed by atoms with E-state index in [1.165, 1.54) is 20.0 Å². The number of hydrogen-bond donors (Lipinski definition) is 0. The molecule has 0 heterocycles. The lowest BCUT2D eigenvalue weighted by Gasteiger charge is -2.00. The van der Waals surface area contributed by atoms with Gasteiger partial charge in [0.15, 0.2) is 0 Å². The molecule has 5 heteroatoms. The van der Waals surface area contributed by atoms with E-state index in [0.717, 1.165) is 18.6 Å². The Labute approximate surface area is 138 Å². The summed E-state index contributed by atoms with van der Waals surface area (Å²) in [5.74, 6) is 0.337. The number of methoxy groups -OCH3 is 2. The van der Waals surface area contributed by atoms with Gasteiger partial charge in [0, 0.05) is 6.42 Å². The van der Waals surface area contributed by atoms with Gasteiger partial charge in [0.1, 0.15) is 5.75 Å². The summed E-state index contributed by atoms with van der Waals surface area (Å²) in [6.07, 6.45) is 5.15. The Morgan fingerprint density at radius 1 is 0.957 bits per heavy atom. The minimum Gasteiger partial charge on any atom is -0.497 e. The maximum absolute atomic E-state index is 11.0. The molecule has 1 rings (SSSR count). The molecule has 0 bridgehead atoms. The molecule has 23 heavy (non-hydrogen) atoms. The van der Waals surface area contributed by atoms with E-state index in [1.54, 1.807) is 31.4 Å². The van der Waals surface area contributed by atoms with Crippen LogP contribution in [0.15, 0.2) is 24.3 Å². The van der Waals surface area contributed by atoms with Gasteiger partial charge in [-0.05, 0) is 37.6 Å². The fourth-order valence-electron chi connectivity index (χ4n) is 1.77. The van der Waals surface area contributed by atoms with Gasteiger partial charge in [-0.2, -0.15) is 0 Å². The molecule has 0 N–H and O–H groups in total. The van der Waals surface area contributed by atoms with Crippen LogP contribution < -0.4 is 4.74 Å². The summed E-state index contributed by atoms with van der Waals surface area (Å²) in [5, 5.41) is 0. The number of rotatable bonds is 8. The number of ether oxygens (including phenoxy) is 3. The lowest BCUT2D eigenvalue weighted by atomic mass is 10.2. The monoisotopic (exact) mass is 324 g/mol. The van der Waals surface area contributed by atoms with E-state index in [9.17, 15) is 9.59 Å². The van der Waals surface area contributed by atoms with Crippen molar-refractivity contribution < 1.29 is 23.8 Å². The van der Waals surface area contributed by atoms with Crippen LogP contribution in [0, 0.1) is 0 Å². The number of unbranched alkanes of at least 4 members (excludes halogenated alkanes) is 3. The molecule has 0 aliphatic heterocycles. The molecule has 0 aromatic heterocycles. The van der Waals surface area contributed by atoms with Crippen molar-refractivity contribution in [2.75, 3.05) is 20.8 Å². The molecule has 0 aliphatic rings. The normalized spacial score (nSPS) is 9.39. The molecule has 0 atom stereocenters. The van der Waals surface area contributed by atoms with Crippen LogP contribution in [0.2, 0.25) is 0 Å². The van der Waals surface area contributed by atoms with Crippen LogP contribution in [0.3, 0.4) is 0 Å². The molecule has 0 saturated heterocycles. The SMILES string of the molecule is CCCCCCC(=O)OCC.COC(=O)c1ccc(OC)cc1. The molecule has 1 aromatic rings. The second-order valence-corrected chi connectivity index (χ2v) is 4.84. The summed E-state index contributed by atoms with van der Waals surface area (Å²) in [4.78, 5) is 21.7. The first kappa shape index (κ1) is 21.0. The van der Waals surface area contributed by atoms with Gasteiger partial charge in [0.2, 0.25) is 0 Å². The van der Waals surface area contributed by atoms with Gasteiger partial charge in [-0.25, -0.2) is 4.79 Å². The molecule has 0 radical (unpaired) electrons. The van der Waals surface area contributed by atoms with E-state index >= 15 is 0 Å². The zero-order chi connectivity index (χ0) is 17.5. The zero-order valence-corrected chi connectivity index (χ0v) is 14.6. The van der Waals surface area contributed by atoms with Crippen molar-refractivity contribution >= 4 is 11.9 Å². The van der Waals surface area contributed by atoms with Gasteiger partial charge >= 0.3 is 11.9 Å². The Balaban J connectivity index is 0.000000423. The number of benzene rings is 1. The van der Waals surface area contributed by atoms with Gasteiger partial charge in [0.05, 0.1) is 26.4 Å². The smallest absolute Gasteiger partial charge is 0.337 e. The minimum atomic E-state index is -0.336. The lowest BCUT2D eigenvalue weighted by molar-refractivity contribution is -0.143. The molecule has 0 amide bonds. The number of carbonyl (C=O) groups is 2. The molecular weight excluding hydrogens is 296 g/mol. The van der Waals surface area contributed by atoms with Crippen molar-refractivity contribution in [3.63, 3.8) is 0 Å². The molecule has 0 aliphatic carbocycles. The predicted octanol–water partition coefficient (Wildman–Crippen LogP) is 4.00. The van der Waals surface area contributed by atoms with Crippen molar-refractivity contribution in [1.29, 1.82) is 0 Å². The van der Waals surface area contributed by atoms with Crippen molar-refractivity contribution in [1.82, 2.24) is 0 Å². The third kappa shape index (κ3) is 10.3. The molecule has 0 unspecified atom stereocenters. The topological polar surface area (TPSA) is 61.8 Å². The van der Waals surface area contributed by atoms with Gasteiger partial charge in [-0.1, -0.05) is 26.2 Å². The highest BCUT2D eigenvalue weighted by molar-refractivity contribution is 5.89. The van der Waals surface area contributed by atoms with E-state index in [2.05, 4.69) is 11.7 Å². The summed E-state index contributed by atoms with van der Waals surface area (Å²) in [6, 6.07) is 6.74. The summed E-state index contributed by atoms with van der Waals surface area (Å²) in [5.41, 5.74) is 0.526. The number of hydrogen-bond acceptors (Lipinski definition) is 5. The third-order valence-electron chi connectivity index (χ3n) is 3.05. The number of carbonyl (C=O) groups excluding carboxylic acids is 2. The van der Waals surface area contributed by atoms with Crippen molar-refractivity contribution in [3.8, 4) is 5.75 Å². The van der Waals surface area contributed by atoms with E-state index in [1.807, 2.05) is 6.92 Å². The Bertz CT molecular complexity index is 439. The minimum absolute atomic E-state index is 0.0522. The Hall–Kier alpha value is -2.04. The zero-order valence-electron chi connectivity index (χ0n) is 14.6. The van der Waals surface area contributed by atoms with Crippen LogP contribution >= 0.6 is 0 Å². The maximum atomic E-state index is 11.0. The molecule has 0 fully saturated rings. The van der Waals surface area contributed by atoms with Crippen LogP contribution in [-0.2, 0) is 14.3 Å².